The van der Waals surface area contributed by atoms with Crippen LogP contribution in [0.4, 0.5) is 8.78 Å². The van der Waals surface area contributed by atoms with Gasteiger partial charge < -0.3 is 9.47 Å². The summed E-state index contributed by atoms with van der Waals surface area (Å²) >= 11 is 1.28. The summed E-state index contributed by atoms with van der Waals surface area (Å²) in [5, 5.41) is 6.16. The first-order valence-electron chi connectivity index (χ1n) is 9.78. The van der Waals surface area contributed by atoms with Crippen LogP contribution in [-0.4, -0.2) is 36.3 Å². The van der Waals surface area contributed by atoms with Crippen molar-refractivity contribution < 1.29 is 23.0 Å². The van der Waals surface area contributed by atoms with E-state index in [1.807, 2.05) is 24.3 Å². The third-order valence-corrected chi connectivity index (χ3v) is 6.86. The monoisotopic (exact) mass is 432 g/mol. The quantitative estimate of drug-likeness (QED) is 0.698. The summed E-state index contributed by atoms with van der Waals surface area (Å²) in [6, 6.07) is 10.7. The molecule has 0 bridgehead atoms. The maximum absolute atomic E-state index is 14.6. The zero-order valence-electron chi connectivity index (χ0n) is 16.7. The molecule has 0 saturated heterocycles. The van der Waals surface area contributed by atoms with E-state index in [-0.39, 0.29) is 29.0 Å². The van der Waals surface area contributed by atoms with E-state index in [0.717, 1.165) is 36.6 Å². The molecule has 0 aromatic heterocycles. The number of para-hydroxylation sites is 1. The number of carbonyl (C=O) groups excluding carboxylic acids is 1. The van der Waals surface area contributed by atoms with Crippen LogP contribution in [0.1, 0.15) is 30.9 Å². The lowest BCUT2D eigenvalue weighted by Gasteiger charge is -2.45. The zero-order chi connectivity index (χ0) is 21.3. The molecule has 2 atom stereocenters. The van der Waals surface area contributed by atoms with Crippen LogP contribution >= 0.6 is 11.8 Å². The minimum absolute atomic E-state index is 0.0336. The van der Waals surface area contributed by atoms with Gasteiger partial charge in [0.25, 0.3) is 5.91 Å². The first-order chi connectivity index (χ1) is 14.5. The lowest BCUT2D eigenvalue weighted by Crippen LogP contribution is -2.51. The Morgan fingerprint density at radius 1 is 1.33 bits per heavy atom. The van der Waals surface area contributed by atoms with Crippen LogP contribution < -0.4 is 4.74 Å². The molecule has 8 heteroatoms. The van der Waals surface area contributed by atoms with Gasteiger partial charge >= 0.3 is 0 Å². The Bertz CT molecular complexity index is 1000. The summed E-state index contributed by atoms with van der Waals surface area (Å²) < 4.78 is 39.5. The van der Waals surface area contributed by atoms with Gasteiger partial charge in [-0.2, -0.15) is 5.10 Å². The van der Waals surface area contributed by atoms with Crippen molar-refractivity contribution in [2.45, 2.75) is 24.6 Å². The Balaban J connectivity index is 1.90. The first kappa shape index (κ1) is 20.8. The van der Waals surface area contributed by atoms with Crippen molar-refractivity contribution in [3.05, 3.63) is 65.2 Å². The lowest BCUT2D eigenvalue weighted by atomic mass is 9.86. The molecule has 4 rings (SSSR count). The number of hydrogen-bond acceptors (Lipinski definition) is 5. The van der Waals surface area contributed by atoms with Crippen molar-refractivity contribution in [2.24, 2.45) is 11.0 Å². The molecule has 2 aromatic rings. The molecule has 2 aliphatic rings. The molecule has 0 fully saturated rings. The second-order valence-corrected chi connectivity index (χ2v) is 8.47. The Morgan fingerprint density at radius 3 is 2.90 bits per heavy atom. The zero-order valence-corrected chi connectivity index (χ0v) is 17.5. The van der Waals surface area contributed by atoms with Gasteiger partial charge in [0.2, 0.25) is 0 Å². The maximum atomic E-state index is 14.6. The molecular formula is C22H22F2N2O3S. The first-order valence-corrected chi connectivity index (χ1v) is 10.6. The van der Waals surface area contributed by atoms with E-state index in [9.17, 15) is 13.6 Å². The molecule has 2 heterocycles. The second-order valence-electron chi connectivity index (χ2n) is 7.26. The number of rotatable bonds is 5. The minimum Gasteiger partial charge on any atom is -0.493 e. The minimum atomic E-state index is -0.922. The number of benzene rings is 2. The number of amides is 1. The van der Waals surface area contributed by atoms with Crippen molar-refractivity contribution in [1.82, 2.24) is 5.01 Å². The summed E-state index contributed by atoms with van der Waals surface area (Å²) in [5.41, 5.74) is 0.825. The van der Waals surface area contributed by atoms with Gasteiger partial charge in [0.15, 0.2) is 4.87 Å². The summed E-state index contributed by atoms with van der Waals surface area (Å²) in [4.78, 5) is 12.2. The van der Waals surface area contributed by atoms with Crippen LogP contribution in [0.3, 0.4) is 0 Å². The molecule has 0 saturated carbocycles. The van der Waals surface area contributed by atoms with Crippen molar-refractivity contribution in [1.29, 1.82) is 0 Å². The maximum Gasteiger partial charge on any atom is 0.270 e. The van der Waals surface area contributed by atoms with Gasteiger partial charge in [0.05, 0.1) is 6.61 Å². The van der Waals surface area contributed by atoms with E-state index in [0.29, 0.717) is 12.4 Å². The van der Waals surface area contributed by atoms with E-state index < -0.39 is 16.5 Å². The van der Waals surface area contributed by atoms with Gasteiger partial charge in [0, 0.05) is 24.2 Å². The highest BCUT2D eigenvalue weighted by Crippen LogP contribution is 2.57. The van der Waals surface area contributed by atoms with Gasteiger partial charge in [-0.15, -0.1) is 0 Å². The second kappa shape index (κ2) is 8.35. The normalized spacial score (nSPS) is 22.6. The summed E-state index contributed by atoms with van der Waals surface area (Å²) in [5.74, 6) is -0.950. The molecule has 1 spiro atoms. The van der Waals surface area contributed by atoms with E-state index in [4.69, 9.17) is 9.47 Å². The average molecular weight is 432 g/mol. The Kier molecular flexibility index (Phi) is 5.79. The van der Waals surface area contributed by atoms with Crippen molar-refractivity contribution in [3.63, 3.8) is 0 Å². The molecule has 158 valence electrons. The van der Waals surface area contributed by atoms with Crippen molar-refractivity contribution in [3.8, 4) is 5.75 Å². The molecular weight excluding hydrogens is 410 g/mol. The molecule has 2 aromatic carbocycles. The number of methoxy groups -OCH3 is 1. The molecule has 0 radical (unpaired) electrons. The highest BCUT2D eigenvalue weighted by molar-refractivity contribution is 8.15. The number of hydrazone groups is 1. The lowest BCUT2D eigenvalue weighted by molar-refractivity contribution is -0.141. The number of hydrogen-bond donors (Lipinski definition) is 0. The molecule has 0 unspecified atom stereocenters. The highest BCUT2D eigenvalue weighted by Gasteiger charge is 2.56. The van der Waals surface area contributed by atoms with Crippen LogP contribution in [-0.2, 0) is 14.4 Å². The highest BCUT2D eigenvalue weighted by atomic mass is 32.2. The Labute approximate surface area is 178 Å². The van der Waals surface area contributed by atoms with E-state index in [1.54, 1.807) is 0 Å². The van der Waals surface area contributed by atoms with Crippen LogP contribution in [0.5, 0.6) is 5.75 Å². The van der Waals surface area contributed by atoms with Gasteiger partial charge in [0.1, 0.15) is 29.0 Å². The van der Waals surface area contributed by atoms with Crippen LogP contribution in [0, 0.1) is 17.6 Å². The third kappa shape index (κ3) is 3.37. The molecule has 0 N–H and O–H groups in total. The summed E-state index contributed by atoms with van der Waals surface area (Å²) in [6.45, 7) is 2.28. The Hall–Kier alpha value is -2.45. The number of halogens is 2. The van der Waals surface area contributed by atoms with E-state index in [2.05, 4.69) is 12.0 Å². The smallest absolute Gasteiger partial charge is 0.270 e. The van der Waals surface area contributed by atoms with E-state index in [1.165, 1.54) is 23.9 Å². The number of nitrogens with zero attached hydrogens (tertiary/aromatic N) is 2. The number of carbonyl (C=O) groups is 1. The topological polar surface area (TPSA) is 51.1 Å². The van der Waals surface area contributed by atoms with Gasteiger partial charge in [-0.25, -0.2) is 13.8 Å². The third-order valence-electron chi connectivity index (χ3n) is 5.32. The van der Waals surface area contributed by atoms with Crippen molar-refractivity contribution in [2.75, 3.05) is 20.3 Å². The number of thioether (sulfide) groups is 1. The van der Waals surface area contributed by atoms with Gasteiger partial charge in [-0.1, -0.05) is 43.3 Å². The largest absolute Gasteiger partial charge is 0.493 e. The van der Waals surface area contributed by atoms with Crippen LogP contribution in [0.2, 0.25) is 0 Å². The van der Waals surface area contributed by atoms with Gasteiger partial charge in [-0.05, 0) is 30.7 Å². The molecule has 30 heavy (non-hydrogen) atoms. The van der Waals surface area contributed by atoms with Crippen LogP contribution in [0.15, 0.2) is 47.6 Å². The van der Waals surface area contributed by atoms with E-state index >= 15 is 0 Å². The summed E-state index contributed by atoms with van der Waals surface area (Å²) in [6.07, 6.45) is 1.64. The van der Waals surface area contributed by atoms with Crippen molar-refractivity contribution >= 4 is 22.7 Å². The molecule has 0 aliphatic carbocycles. The number of fused-ring (bicyclic) bond motifs is 2. The Morgan fingerprint density at radius 2 is 2.13 bits per heavy atom. The SMILES string of the molecule is CCC[C@H]1COc2ccccc2[C@]12SC(c1cc(F)ccc1F)=NN2C(=O)COC. The van der Waals surface area contributed by atoms with Gasteiger partial charge in [-0.3, -0.25) is 4.79 Å². The molecule has 1 amide bonds. The molecule has 5 nitrogen and oxygen atoms in total. The fourth-order valence-corrected chi connectivity index (χ4v) is 5.58. The predicted octanol–water partition coefficient (Wildman–Crippen LogP) is 4.51. The molecule has 2 aliphatic heterocycles. The number of ether oxygens (including phenoxy) is 2. The fourth-order valence-electron chi connectivity index (χ4n) is 4.04. The predicted molar refractivity (Wildman–Crippen MR) is 111 cm³/mol. The van der Waals surface area contributed by atoms with Crippen LogP contribution in [0.25, 0.3) is 0 Å². The fraction of sp³-hybridized carbons (Fsp3) is 0.364. The standard InChI is InChI=1S/C22H22F2N2O3S/c1-3-6-14-12-29-19-8-5-4-7-17(19)22(14)26(20(27)13-28-2)25-21(30-22)16-11-15(23)9-10-18(16)24/h4-5,7-11,14H,3,6,12-13H2,1-2H3/t14-,22+/m0/s1. The summed E-state index contributed by atoms with van der Waals surface area (Å²) in [7, 11) is 1.44. The average Bonchev–Trinajstić information content (AvgIpc) is 3.13.